The van der Waals surface area contributed by atoms with Crippen molar-refractivity contribution < 1.29 is 23.5 Å². The number of furan rings is 1. The van der Waals surface area contributed by atoms with E-state index in [-0.39, 0.29) is 24.4 Å². The minimum atomic E-state index is -0.370. The number of rotatable bonds is 5. The molecule has 3 aromatic rings. The predicted molar refractivity (Wildman–Crippen MR) is 105 cm³/mol. The molecule has 8 nitrogen and oxygen atoms in total. The van der Waals surface area contributed by atoms with Crippen LogP contribution in [0.1, 0.15) is 33.4 Å². The van der Waals surface area contributed by atoms with Gasteiger partial charge in [-0.15, -0.1) is 0 Å². The normalized spacial score (nSPS) is 12.5. The predicted octanol–water partition coefficient (Wildman–Crippen LogP) is 3.41. The van der Waals surface area contributed by atoms with Gasteiger partial charge in [-0.1, -0.05) is 12.1 Å². The Bertz CT molecular complexity index is 1090. The lowest BCUT2D eigenvalue weighted by atomic mass is 10.1. The molecule has 0 aliphatic carbocycles. The molecule has 0 atom stereocenters. The maximum Gasteiger partial charge on any atom is 0.291 e. The molecule has 2 N–H and O–H groups in total. The van der Waals surface area contributed by atoms with Crippen molar-refractivity contribution >= 4 is 23.2 Å². The Labute approximate surface area is 166 Å². The van der Waals surface area contributed by atoms with Gasteiger partial charge in [0.2, 0.25) is 6.79 Å². The van der Waals surface area contributed by atoms with Gasteiger partial charge < -0.3 is 19.2 Å². The van der Waals surface area contributed by atoms with Crippen molar-refractivity contribution in [1.82, 2.24) is 5.43 Å². The number of nitrogens with zero attached hydrogens (tertiary/aromatic N) is 1. The Kier molecular flexibility index (Phi) is 4.98. The number of carbonyl (C=O) groups is 2. The third-order valence-corrected chi connectivity index (χ3v) is 4.24. The molecule has 0 bridgehead atoms. The Morgan fingerprint density at radius 3 is 2.62 bits per heavy atom. The molecule has 0 radical (unpaired) electrons. The van der Waals surface area contributed by atoms with Crippen LogP contribution < -0.4 is 20.2 Å². The van der Waals surface area contributed by atoms with E-state index in [0.717, 1.165) is 5.56 Å². The molecule has 1 aromatic heterocycles. The van der Waals surface area contributed by atoms with Crippen molar-refractivity contribution in [2.45, 2.75) is 6.92 Å². The zero-order chi connectivity index (χ0) is 20.2. The van der Waals surface area contributed by atoms with Crippen LogP contribution >= 0.6 is 0 Å². The summed E-state index contributed by atoms with van der Waals surface area (Å²) in [4.78, 5) is 24.4. The van der Waals surface area contributed by atoms with Crippen LogP contribution in [0.2, 0.25) is 0 Å². The van der Waals surface area contributed by atoms with Gasteiger partial charge in [-0.05, 0) is 55.0 Å². The van der Waals surface area contributed by atoms with E-state index in [4.69, 9.17) is 13.9 Å². The Hall–Kier alpha value is -4.07. The molecular formula is C21H17N3O5. The highest BCUT2D eigenvalue weighted by atomic mass is 16.7. The Balaban J connectivity index is 1.43. The van der Waals surface area contributed by atoms with Gasteiger partial charge >= 0.3 is 0 Å². The van der Waals surface area contributed by atoms with Crippen molar-refractivity contribution in [2.75, 3.05) is 12.1 Å². The lowest BCUT2D eigenvalue weighted by molar-refractivity contribution is 0.0953. The molecule has 29 heavy (non-hydrogen) atoms. The SMILES string of the molecule is C/C(=N/NC(=O)c1ccc2c(c1)OCO2)c1cccc(NC(=O)c2ccco2)c1. The quantitative estimate of drug-likeness (QED) is 0.513. The second-order valence-corrected chi connectivity index (χ2v) is 6.22. The lowest BCUT2D eigenvalue weighted by Crippen LogP contribution is -2.19. The summed E-state index contributed by atoms with van der Waals surface area (Å²) >= 11 is 0. The van der Waals surface area contributed by atoms with Crippen LogP contribution in [0.3, 0.4) is 0 Å². The van der Waals surface area contributed by atoms with Crippen LogP contribution in [0, 0.1) is 0 Å². The molecule has 8 heteroatoms. The minimum Gasteiger partial charge on any atom is -0.459 e. The van der Waals surface area contributed by atoms with E-state index in [1.807, 2.05) is 6.07 Å². The summed E-state index contributed by atoms with van der Waals surface area (Å²) in [7, 11) is 0. The number of hydrogen-bond donors (Lipinski definition) is 2. The van der Waals surface area contributed by atoms with Crippen molar-refractivity contribution in [3.05, 3.63) is 77.7 Å². The summed E-state index contributed by atoms with van der Waals surface area (Å²) in [6.07, 6.45) is 1.44. The van der Waals surface area contributed by atoms with Crippen LogP contribution in [0.4, 0.5) is 5.69 Å². The lowest BCUT2D eigenvalue weighted by Gasteiger charge is -2.07. The number of hydrogen-bond acceptors (Lipinski definition) is 6. The van der Waals surface area contributed by atoms with E-state index >= 15 is 0 Å². The second kappa shape index (κ2) is 7.89. The van der Waals surface area contributed by atoms with E-state index < -0.39 is 0 Å². The first kappa shape index (κ1) is 18.3. The number of carbonyl (C=O) groups excluding carboxylic acids is 2. The fraction of sp³-hybridized carbons (Fsp3) is 0.0952. The van der Waals surface area contributed by atoms with Crippen LogP contribution in [0.15, 0.2) is 70.4 Å². The molecular weight excluding hydrogens is 374 g/mol. The molecule has 146 valence electrons. The van der Waals surface area contributed by atoms with E-state index in [9.17, 15) is 9.59 Å². The largest absolute Gasteiger partial charge is 0.459 e. The fourth-order valence-electron chi connectivity index (χ4n) is 2.72. The molecule has 4 rings (SSSR count). The van der Waals surface area contributed by atoms with Crippen LogP contribution in [-0.4, -0.2) is 24.3 Å². The van der Waals surface area contributed by atoms with Crippen molar-refractivity contribution in [3.63, 3.8) is 0 Å². The maximum absolute atomic E-state index is 12.3. The third kappa shape index (κ3) is 4.11. The highest BCUT2D eigenvalue weighted by Gasteiger charge is 2.16. The fourth-order valence-corrected chi connectivity index (χ4v) is 2.72. The van der Waals surface area contributed by atoms with Gasteiger partial charge in [0.25, 0.3) is 11.8 Å². The topological polar surface area (TPSA) is 102 Å². The number of anilines is 1. The van der Waals surface area contributed by atoms with Gasteiger partial charge in [0.1, 0.15) is 0 Å². The molecule has 2 amide bonds. The van der Waals surface area contributed by atoms with Crippen LogP contribution in [0.5, 0.6) is 11.5 Å². The standard InChI is InChI=1S/C21H17N3O5/c1-13(23-24-20(25)15-7-8-17-19(11-15)29-12-28-17)14-4-2-5-16(10-14)22-21(26)18-6-3-9-27-18/h2-11H,12H2,1H3,(H,22,26)(H,24,25)/b23-13-. The van der Waals surface area contributed by atoms with Gasteiger partial charge in [-0.2, -0.15) is 5.10 Å². The molecule has 2 aromatic carbocycles. The average Bonchev–Trinajstić information content (AvgIpc) is 3.43. The zero-order valence-electron chi connectivity index (χ0n) is 15.5. The van der Waals surface area contributed by atoms with Crippen molar-refractivity contribution in [3.8, 4) is 11.5 Å². The molecule has 2 heterocycles. The van der Waals surface area contributed by atoms with Gasteiger partial charge in [0.05, 0.1) is 12.0 Å². The summed E-state index contributed by atoms with van der Waals surface area (Å²) in [5.74, 6) is 0.632. The maximum atomic E-state index is 12.3. The number of ether oxygens (including phenoxy) is 2. The van der Waals surface area contributed by atoms with Crippen molar-refractivity contribution in [1.29, 1.82) is 0 Å². The summed E-state index contributed by atoms with van der Waals surface area (Å²) in [6, 6.07) is 15.3. The monoisotopic (exact) mass is 391 g/mol. The van der Waals surface area contributed by atoms with Gasteiger partial charge in [0, 0.05) is 11.3 Å². The molecule has 1 aliphatic heterocycles. The summed E-state index contributed by atoms with van der Waals surface area (Å²) < 4.78 is 15.6. The highest BCUT2D eigenvalue weighted by molar-refractivity contribution is 6.04. The number of hydrazone groups is 1. The van der Waals surface area contributed by atoms with E-state index in [2.05, 4.69) is 15.8 Å². The van der Waals surface area contributed by atoms with Gasteiger partial charge in [-0.25, -0.2) is 5.43 Å². The smallest absolute Gasteiger partial charge is 0.291 e. The number of amides is 2. The summed E-state index contributed by atoms with van der Waals surface area (Å²) in [5.41, 5.74) is 4.83. The summed E-state index contributed by atoms with van der Waals surface area (Å²) in [6.45, 7) is 1.90. The molecule has 0 fully saturated rings. The first-order valence-electron chi connectivity index (χ1n) is 8.80. The first-order chi connectivity index (χ1) is 14.1. The molecule has 1 aliphatic rings. The average molecular weight is 391 g/mol. The van der Waals surface area contributed by atoms with Crippen LogP contribution in [-0.2, 0) is 0 Å². The van der Waals surface area contributed by atoms with E-state index in [1.54, 1.807) is 55.5 Å². The summed E-state index contributed by atoms with van der Waals surface area (Å²) in [5, 5.41) is 6.90. The zero-order valence-corrected chi connectivity index (χ0v) is 15.5. The van der Waals surface area contributed by atoms with Crippen molar-refractivity contribution in [2.24, 2.45) is 5.10 Å². The molecule has 0 saturated heterocycles. The molecule has 0 spiro atoms. The van der Waals surface area contributed by atoms with Gasteiger partial charge in [-0.3, -0.25) is 9.59 Å². The van der Waals surface area contributed by atoms with E-state index in [1.165, 1.54) is 6.26 Å². The molecule has 0 saturated carbocycles. The molecule has 0 unspecified atom stereocenters. The van der Waals surface area contributed by atoms with Gasteiger partial charge in [0.15, 0.2) is 17.3 Å². The number of fused-ring (bicyclic) bond motifs is 1. The number of benzene rings is 2. The Morgan fingerprint density at radius 1 is 0.931 bits per heavy atom. The number of nitrogens with one attached hydrogen (secondary N) is 2. The van der Waals surface area contributed by atoms with E-state index in [0.29, 0.717) is 28.5 Å². The minimum absolute atomic E-state index is 0.143. The van der Waals surface area contributed by atoms with Crippen LogP contribution in [0.25, 0.3) is 0 Å². The second-order valence-electron chi connectivity index (χ2n) is 6.22. The first-order valence-corrected chi connectivity index (χ1v) is 8.80. The Morgan fingerprint density at radius 2 is 1.79 bits per heavy atom. The third-order valence-electron chi connectivity index (χ3n) is 4.24. The highest BCUT2D eigenvalue weighted by Crippen LogP contribution is 2.32.